The fourth-order valence-corrected chi connectivity index (χ4v) is 1.58. The summed E-state index contributed by atoms with van der Waals surface area (Å²) in [7, 11) is 0. The van der Waals surface area contributed by atoms with Crippen LogP contribution in [0.4, 0.5) is 6.01 Å². The Labute approximate surface area is 93.2 Å². The van der Waals surface area contributed by atoms with Crippen LogP contribution in [0.3, 0.4) is 0 Å². The first-order valence-electron chi connectivity index (χ1n) is 3.69. The number of halogens is 2. The molecule has 2 aromatic heterocycles. The van der Waals surface area contributed by atoms with Crippen LogP contribution in [0.25, 0.3) is 11.3 Å². The fraction of sp³-hybridized carbons (Fsp3) is 0. The van der Waals surface area contributed by atoms with Gasteiger partial charge in [0.25, 0.3) is 6.01 Å². The molecule has 2 N–H and O–H groups in total. The molecule has 0 saturated heterocycles. The molecule has 72 valence electrons. The van der Waals surface area contributed by atoms with Gasteiger partial charge in [-0.1, -0.05) is 11.6 Å². The van der Waals surface area contributed by atoms with Crippen molar-refractivity contribution in [3.05, 3.63) is 28.1 Å². The van der Waals surface area contributed by atoms with E-state index in [2.05, 4.69) is 25.9 Å². The van der Waals surface area contributed by atoms with Crippen molar-refractivity contribution in [2.45, 2.75) is 0 Å². The lowest BCUT2D eigenvalue weighted by molar-refractivity contribution is 0.594. The molecule has 2 rings (SSSR count). The van der Waals surface area contributed by atoms with E-state index in [1.807, 2.05) is 0 Å². The largest absolute Gasteiger partial charge is 0.424 e. The number of nitrogens with two attached hydrogens (primary N) is 1. The maximum atomic E-state index is 5.75. The number of hydrogen-bond donors (Lipinski definition) is 1. The summed E-state index contributed by atoms with van der Waals surface area (Å²) in [6.07, 6.45) is 3.13. The summed E-state index contributed by atoms with van der Waals surface area (Å²) in [5.41, 5.74) is 6.13. The van der Waals surface area contributed by atoms with Crippen LogP contribution in [0.5, 0.6) is 0 Å². The van der Waals surface area contributed by atoms with E-state index in [1.54, 1.807) is 12.3 Å². The summed E-state index contributed by atoms with van der Waals surface area (Å²) in [4.78, 5) is 7.69. The lowest BCUT2D eigenvalue weighted by atomic mass is 10.2. The van der Waals surface area contributed by atoms with Gasteiger partial charge in [-0.15, -0.1) is 0 Å². The summed E-state index contributed by atoms with van der Waals surface area (Å²) in [6, 6.07) is 1.80. The molecule has 2 aromatic rings. The van der Waals surface area contributed by atoms with Crippen molar-refractivity contribution >= 4 is 33.5 Å². The van der Waals surface area contributed by atoms with Gasteiger partial charge in [0.05, 0.1) is 6.20 Å². The Bertz CT molecular complexity index is 471. The fourth-order valence-electron chi connectivity index (χ4n) is 1.01. The van der Waals surface area contributed by atoms with Crippen LogP contribution >= 0.6 is 27.5 Å². The molecule has 6 heteroatoms. The van der Waals surface area contributed by atoms with Crippen molar-refractivity contribution in [3.63, 3.8) is 0 Å². The third-order valence-electron chi connectivity index (χ3n) is 1.61. The summed E-state index contributed by atoms with van der Waals surface area (Å²) in [5.74, 6) is 0.554. The van der Waals surface area contributed by atoms with Gasteiger partial charge < -0.3 is 10.2 Å². The van der Waals surface area contributed by atoms with Gasteiger partial charge in [-0.25, -0.2) is 9.97 Å². The first-order chi connectivity index (χ1) is 6.66. The predicted molar refractivity (Wildman–Crippen MR) is 56.9 cm³/mol. The van der Waals surface area contributed by atoms with Gasteiger partial charge in [-0.3, -0.25) is 0 Å². The molecule has 0 aliphatic carbocycles. The molecule has 0 fully saturated rings. The van der Waals surface area contributed by atoms with E-state index in [1.165, 1.54) is 6.20 Å². The third kappa shape index (κ3) is 1.73. The molecule has 0 aromatic carbocycles. The van der Waals surface area contributed by atoms with Gasteiger partial charge in [0.15, 0.2) is 5.76 Å². The molecule has 0 spiro atoms. The summed E-state index contributed by atoms with van der Waals surface area (Å²) in [6.45, 7) is 0. The maximum absolute atomic E-state index is 5.75. The van der Waals surface area contributed by atoms with Gasteiger partial charge >= 0.3 is 0 Å². The van der Waals surface area contributed by atoms with E-state index in [4.69, 9.17) is 21.8 Å². The Morgan fingerprint density at radius 1 is 1.36 bits per heavy atom. The molecule has 0 aliphatic rings. The van der Waals surface area contributed by atoms with Crippen molar-refractivity contribution < 1.29 is 4.42 Å². The highest BCUT2D eigenvalue weighted by atomic mass is 79.9. The Morgan fingerprint density at radius 3 is 2.79 bits per heavy atom. The van der Waals surface area contributed by atoms with Gasteiger partial charge in [-0.05, 0) is 22.0 Å². The normalized spacial score (nSPS) is 10.4. The van der Waals surface area contributed by atoms with E-state index in [0.29, 0.717) is 10.9 Å². The van der Waals surface area contributed by atoms with E-state index in [-0.39, 0.29) is 6.01 Å². The molecule has 0 saturated carbocycles. The zero-order valence-electron chi connectivity index (χ0n) is 6.87. The standard InChI is InChI=1S/C8H5BrClN3O/c9-5-2-12-7(10)1-4(5)6-3-13-8(11)14-6/h1-3H,(H2,11,13). The Hall–Kier alpha value is -1.07. The number of hydrogen-bond acceptors (Lipinski definition) is 4. The third-order valence-corrected chi connectivity index (χ3v) is 2.45. The number of rotatable bonds is 1. The van der Waals surface area contributed by atoms with Gasteiger partial charge in [0, 0.05) is 16.2 Å². The molecule has 0 bridgehead atoms. The highest BCUT2D eigenvalue weighted by Crippen LogP contribution is 2.30. The monoisotopic (exact) mass is 273 g/mol. The molecular weight excluding hydrogens is 269 g/mol. The molecular formula is C8H5BrClN3O. The molecule has 14 heavy (non-hydrogen) atoms. The van der Waals surface area contributed by atoms with Gasteiger partial charge in [0.2, 0.25) is 0 Å². The highest BCUT2D eigenvalue weighted by Gasteiger charge is 2.09. The topological polar surface area (TPSA) is 64.9 Å². The molecule has 0 aliphatic heterocycles. The highest BCUT2D eigenvalue weighted by molar-refractivity contribution is 9.10. The summed E-state index contributed by atoms with van der Waals surface area (Å²) < 4.78 is 5.93. The quantitative estimate of drug-likeness (QED) is 0.812. The van der Waals surface area contributed by atoms with E-state index >= 15 is 0 Å². The zero-order valence-corrected chi connectivity index (χ0v) is 9.21. The smallest absolute Gasteiger partial charge is 0.292 e. The van der Waals surface area contributed by atoms with Crippen LogP contribution < -0.4 is 5.73 Å². The summed E-state index contributed by atoms with van der Waals surface area (Å²) >= 11 is 9.07. The van der Waals surface area contributed by atoms with Crippen LogP contribution in [0.1, 0.15) is 0 Å². The molecule has 0 unspecified atom stereocenters. The minimum Gasteiger partial charge on any atom is -0.424 e. The zero-order chi connectivity index (χ0) is 10.1. The van der Waals surface area contributed by atoms with Crippen molar-refractivity contribution in [1.82, 2.24) is 9.97 Å². The number of oxazole rings is 1. The maximum Gasteiger partial charge on any atom is 0.292 e. The minimum absolute atomic E-state index is 0.125. The van der Waals surface area contributed by atoms with E-state index < -0.39 is 0 Å². The van der Waals surface area contributed by atoms with Crippen LogP contribution in [0.15, 0.2) is 27.3 Å². The average molecular weight is 275 g/mol. The second-order valence-electron chi connectivity index (χ2n) is 2.55. The second-order valence-corrected chi connectivity index (χ2v) is 3.79. The number of pyridine rings is 1. The molecule has 0 atom stereocenters. The first-order valence-corrected chi connectivity index (χ1v) is 4.86. The molecule has 0 radical (unpaired) electrons. The predicted octanol–water partition coefficient (Wildman–Crippen LogP) is 2.73. The number of nitrogen functional groups attached to an aromatic ring is 1. The Morgan fingerprint density at radius 2 is 2.14 bits per heavy atom. The van der Waals surface area contributed by atoms with Crippen LogP contribution in [-0.4, -0.2) is 9.97 Å². The molecule has 2 heterocycles. The number of nitrogens with zero attached hydrogens (tertiary/aromatic N) is 2. The van der Waals surface area contributed by atoms with E-state index in [9.17, 15) is 0 Å². The Kier molecular flexibility index (Phi) is 2.43. The SMILES string of the molecule is Nc1ncc(-c2cc(Cl)ncc2Br)o1. The lowest BCUT2D eigenvalue weighted by Crippen LogP contribution is -1.81. The van der Waals surface area contributed by atoms with Crippen LogP contribution in [-0.2, 0) is 0 Å². The molecule has 0 amide bonds. The minimum atomic E-state index is 0.125. The van der Waals surface area contributed by atoms with Crippen LogP contribution in [0, 0.1) is 0 Å². The van der Waals surface area contributed by atoms with Gasteiger partial charge in [0.1, 0.15) is 5.15 Å². The van der Waals surface area contributed by atoms with Crippen LogP contribution in [0.2, 0.25) is 5.15 Å². The average Bonchev–Trinajstić information content (AvgIpc) is 2.56. The van der Waals surface area contributed by atoms with Crippen molar-refractivity contribution in [3.8, 4) is 11.3 Å². The number of anilines is 1. The second kappa shape index (κ2) is 3.59. The summed E-state index contributed by atoms with van der Waals surface area (Å²) in [5, 5.41) is 0.387. The van der Waals surface area contributed by atoms with E-state index in [0.717, 1.165) is 10.0 Å². The number of aromatic nitrogens is 2. The van der Waals surface area contributed by atoms with Crippen molar-refractivity contribution in [2.75, 3.05) is 5.73 Å². The van der Waals surface area contributed by atoms with Gasteiger partial charge in [-0.2, -0.15) is 0 Å². The van der Waals surface area contributed by atoms with Crippen molar-refractivity contribution in [1.29, 1.82) is 0 Å². The van der Waals surface area contributed by atoms with Crippen molar-refractivity contribution in [2.24, 2.45) is 0 Å². The first kappa shape index (κ1) is 9.48. The lowest BCUT2D eigenvalue weighted by Gasteiger charge is -1.99. The molecule has 4 nitrogen and oxygen atoms in total. The Balaban J connectivity index is 2.55.